The molecular weight excluding hydrogens is 492 g/mol. The minimum atomic E-state index is -3.53. The fourth-order valence-electron chi connectivity index (χ4n) is 4.01. The molecule has 2 aromatic carbocycles. The maximum atomic E-state index is 14.0. The standard InChI is InChI=1S/C25H25F2N3O5S/c1-34-23-7-10-28-15-19(23)25(31)29-21-14-18(36(2,32)33)4-5-22(21)30-11-8-17(9-12-30)35-24-6-3-16(26)13-20(24)27/h3-7,10,13-15,17H,8-9,11-12H2,1-2H3,(H,29,31). The van der Waals surface area contributed by atoms with Crippen molar-refractivity contribution in [3.05, 3.63) is 72.1 Å². The topological polar surface area (TPSA) is 97.8 Å². The van der Waals surface area contributed by atoms with E-state index in [-0.39, 0.29) is 22.3 Å². The number of carbonyl (C=O) groups is 1. The number of nitrogens with one attached hydrogen (secondary N) is 1. The fraction of sp³-hybridized carbons (Fsp3) is 0.280. The van der Waals surface area contributed by atoms with Crippen LogP contribution in [0, 0.1) is 11.6 Å². The molecule has 1 aromatic heterocycles. The normalized spacial score (nSPS) is 14.4. The number of hydrogen-bond acceptors (Lipinski definition) is 7. The van der Waals surface area contributed by atoms with E-state index in [9.17, 15) is 22.0 Å². The van der Waals surface area contributed by atoms with E-state index in [1.165, 1.54) is 37.7 Å². The Morgan fingerprint density at radius 1 is 1.08 bits per heavy atom. The van der Waals surface area contributed by atoms with Crippen molar-refractivity contribution in [2.45, 2.75) is 23.8 Å². The Morgan fingerprint density at radius 2 is 1.83 bits per heavy atom. The number of carbonyl (C=O) groups excluding carboxylic acids is 1. The van der Waals surface area contributed by atoms with Gasteiger partial charge in [-0.15, -0.1) is 0 Å². The molecule has 1 saturated heterocycles. The van der Waals surface area contributed by atoms with Crippen LogP contribution in [0.4, 0.5) is 20.2 Å². The molecule has 0 atom stereocenters. The lowest BCUT2D eigenvalue weighted by Gasteiger charge is -2.35. The highest BCUT2D eigenvalue weighted by Crippen LogP contribution is 2.33. The molecule has 4 rings (SSSR count). The highest BCUT2D eigenvalue weighted by molar-refractivity contribution is 7.90. The third-order valence-corrected chi connectivity index (χ3v) is 6.97. The van der Waals surface area contributed by atoms with Gasteiger partial charge in [0.2, 0.25) is 0 Å². The molecule has 8 nitrogen and oxygen atoms in total. The Hall–Kier alpha value is -3.73. The largest absolute Gasteiger partial charge is 0.496 e. The molecule has 2 heterocycles. The summed E-state index contributed by atoms with van der Waals surface area (Å²) < 4.78 is 62.4. The van der Waals surface area contributed by atoms with E-state index >= 15 is 0 Å². The Balaban J connectivity index is 1.55. The monoisotopic (exact) mass is 517 g/mol. The van der Waals surface area contributed by atoms with Crippen LogP contribution in [0.1, 0.15) is 23.2 Å². The maximum Gasteiger partial charge on any atom is 0.261 e. The molecule has 1 fully saturated rings. The minimum Gasteiger partial charge on any atom is -0.496 e. The first kappa shape index (κ1) is 25.4. The second-order valence-corrected chi connectivity index (χ2v) is 10.4. The molecule has 0 spiro atoms. The molecule has 0 saturated carbocycles. The number of sulfone groups is 1. The van der Waals surface area contributed by atoms with E-state index in [1.807, 2.05) is 4.90 Å². The first-order valence-corrected chi connectivity index (χ1v) is 13.0. The van der Waals surface area contributed by atoms with Crippen LogP contribution in [0.3, 0.4) is 0 Å². The van der Waals surface area contributed by atoms with Crippen LogP contribution in [0.2, 0.25) is 0 Å². The molecular formula is C25H25F2N3O5S. The van der Waals surface area contributed by atoms with Crippen molar-refractivity contribution >= 4 is 27.1 Å². The predicted octanol–water partition coefficient (Wildman–Crippen LogP) is 4.07. The van der Waals surface area contributed by atoms with Gasteiger partial charge in [-0.3, -0.25) is 9.78 Å². The summed E-state index contributed by atoms with van der Waals surface area (Å²) in [6.07, 6.45) is 4.74. The van der Waals surface area contributed by atoms with Gasteiger partial charge in [-0.1, -0.05) is 0 Å². The van der Waals surface area contributed by atoms with Crippen LogP contribution in [0.25, 0.3) is 0 Å². The van der Waals surface area contributed by atoms with E-state index in [1.54, 1.807) is 12.1 Å². The Kier molecular flexibility index (Phi) is 7.39. The van der Waals surface area contributed by atoms with Gasteiger partial charge in [0, 0.05) is 50.6 Å². The summed E-state index contributed by atoms with van der Waals surface area (Å²) in [7, 11) is -2.09. The molecule has 1 aliphatic rings. The molecule has 36 heavy (non-hydrogen) atoms. The van der Waals surface area contributed by atoms with Crippen LogP contribution in [0.15, 0.2) is 59.8 Å². The molecule has 1 aliphatic heterocycles. The highest BCUT2D eigenvalue weighted by Gasteiger charge is 2.25. The second-order valence-electron chi connectivity index (χ2n) is 8.36. The smallest absolute Gasteiger partial charge is 0.261 e. The number of pyridine rings is 1. The van der Waals surface area contributed by atoms with Gasteiger partial charge in [0.05, 0.1) is 28.9 Å². The summed E-state index contributed by atoms with van der Waals surface area (Å²) in [5.74, 6) is -1.62. The van der Waals surface area contributed by atoms with Gasteiger partial charge in [-0.05, 0) is 36.4 Å². The molecule has 3 aromatic rings. The summed E-state index contributed by atoms with van der Waals surface area (Å²) >= 11 is 0. The zero-order valence-electron chi connectivity index (χ0n) is 19.7. The number of aromatic nitrogens is 1. The summed E-state index contributed by atoms with van der Waals surface area (Å²) in [4.78, 5) is 19.0. The number of methoxy groups -OCH3 is 1. The highest BCUT2D eigenvalue weighted by atomic mass is 32.2. The molecule has 1 N–H and O–H groups in total. The van der Waals surface area contributed by atoms with Crippen LogP contribution in [0.5, 0.6) is 11.5 Å². The zero-order chi connectivity index (χ0) is 25.9. The average Bonchev–Trinajstić information content (AvgIpc) is 2.85. The van der Waals surface area contributed by atoms with Crippen molar-refractivity contribution in [1.82, 2.24) is 4.98 Å². The molecule has 0 unspecified atom stereocenters. The molecule has 11 heteroatoms. The third-order valence-electron chi connectivity index (χ3n) is 5.86. The molecule has 0 aliphatic carbocycles. The lowest BCUT2D eigenvalue weighted by molar-refractivity contribution is 0.102. The van der Waals surface area contributed by atoms with Crippen LogP contribution in [-0.4, -0.2) is 51.9 Å². The number of anilines is 2. The third kappa shape index (κ3) is 5.73. The van der Waals surface area contributed by atoms with Crippen molar-refractivity contribution < 1.29 is 31.5 Å². The van der Waals surface area contributed by atoms with Gasteiger partial charge in [-0.2, -0.15) is 0 Å². The van der Waals surface area contributed by atoms with Gasteiger partial charge >= 0.3 is 0 Å². The SMILES string of the molecule is COc1ccncc1C(=O)Nc1cc(S(C)(=O)=O)ccc1N1CCC(Oc2ccc(F)cc2F)CC1. The minimum absolute atomic E-state index is 0.00859. The Morgan fingerprint density at radius 3 is 2.50 bits per heavy atom. The Labute approximate surface area is 207 Å². The van der Waals surface area contributed by atoms with Crippen molar-refractivity contribution in [3.63, 3.8) is 0 Å². The number of halogens is 2. The first-order valence-electron chi connectivity index (χ1n) is 11.2. The number of amides is 1. The van der Waals surface area contributed by atoms with E-state index in [0.717, 1.165) is 18.4 Å². The molecule has 1 amide bonds. The maximum absolute atomic E-state index is 14.0. The molecule has 0 bridgehead atoms. The van der Waals surface area contributed by atoms with Gasteiger partial charge in [0.25, 0.3) is 5.91 Å². The van der Waals surface area contributed by atoms with Crippen LogP contribution >= 0.6 is 0 Å². The van der Waals surface area contributed by atoms with E-state index in [0.29, 0.717) is 43.1 Å². The van der Waals surface area contributed by atoms with Gasteiger partial charge in [0.1, 0.15) is 17.7 Å². The van der Waals surface area contributed by atoms with Crippen molar-refractivity contribution in [2.75, 3.05) is 36.7 Å². The van der Waals surface area contributed by atoms with Gasteiger partial charge in [0.15, 0.2) is 21.4 Å². The molecule has 190 valence electrons. The van der Waals surface area contributed by atoms with E-state index in [4.69, 9.17) is 9.47 Å². The number of benzene rings is 2. The van der Waals surface area contributed by atoms with Gasteiger partial charge < -0.3 is 19.7 Å². The quantitative estimate of drug-likeness (QED) is 0.505. The van der Waals surface area contributed by atoms with E-state index < -0.39 is 27.4 Å². The lowest BCUT2D eigenvalue weighted by Crippen LogP contribution is -2.38. The number of rotatable bonds is 7. The predicted molar refractivity (Wildman–Crippen MR) is 131 cm³/mol. The van der Waals surface area contributed by atoms with Crippen molar-refractivity contribution in [2.24, 2.45) is 0 Å². The summed E-state index contributed by atoms with van der Waals surface area (Å²) in [6, 6.07) is 9.29. The average molecular weight is 518 g/mol. The zero-order valence-corrected chi connectivity index (χ0v) is 20.5. The lowest BCUT2D eigenvalue weighted by atomic mass is 10.1. The van der Waals surface area contributed by atoms with Crippen molar-refractivity contribution in [3.8, 4) is 11.5 Å². The number of piperidine rings is 1. The summed E-state index contributed by atoms with van der Waals surface area (Å²) in [5.41, 5.74) is 1.15. The number of ether oxygens (including phenoxy) is 2. The molecule has 0 radical (unpaired) electrons. The fourth-order valence-corrected chi connectivity index (χ4v) is 4.65. The van der Waals surface area contributed by atoms with Crippen LogP contribution in [-0.2, 0) is 9.84 Å². The number of nitrogens with zero attached hydrogens (tertiary/aromatic N) is 2. The van der Waals surface area contributed by atoms with E-state index in [2.05, 4.69) is 10.3 Å². The summed E-state index contributed by atoms with van der Waals surface area (Å²) in [6.45, 7) is 1.01. The Bertz CT molecular complexity index is 1380. The van der Waals surface area contributed by atoms with Crippen molar-refractivity contribution in [1.29, 1.82) is 0 Å². The summed E-state index contributed by atoms with van der Waals surface area (Å²) in [5, 5.41) is 2.79. The second kappa shape index (κ2) is 10.5. The van der Waals surface area contributed by atoms with Crippen LogP contribution < -0.4 is 19.7 Å². The first-order chi connectivity index (χ1) is 17.2. The van der Waals surface area contributed by atoms with Gasteiger partial charge in [-0.25, -0.2) is 17.2 Å². The number of hydrogen-bond donors (Lipinski definition) is 1.